The van der Waals surface area contributed by atoms with E-state index in [1.807, 2.05) is 18.4 Å². The normalized spacial score (nSPS) is 11.1. The molecule has 0 saturated heterocycles. The van der Waals surface area contributed by atoms with Crippen LogP contribution in [0.25, 0.3) is 11.3 Å². The van der Waals surface area contributed by atoms with Crippen molar-refractivity contribution in [1.82, 2.24) is 9.55 Å². The van der Waals surface area contributed by atoms with Crippen LogP contribution in [-0.2, 0) is 6.54 Å². The SMILES string of the molecule is C=CCn1c(C(C)C)nc(-c2ccc(F)c(F)c2)c1N. The van der Waals surface area contributed by atoms with Gasteiger partial charge in [-0.15, -0.1) is 6.58 Å². The molecular formula is C15H17F2N3. The second-order valence-corrected chi connectivity index (χ2v) is 4.89. The molecule has 1 aromatic heterocycles. The molecule has 1 aromatic carbocycles. The Hall–Kier alpha value is -2.17. The Balaban J connectivity index is 2.59. The molecular weight excluding hydrogens is 260 g/mol. The number of allylic oxidation sites excluding steroid dienone is 1. The molecule has 0 atom stereocenters. The zero-order valence-electron chi connectivity index (χ0n) is 11.5. The number of halogens is 2. The molecule has 0 aliphatic heterocycles. The predicted octanol–water partition coefficient (Wildman–Crippen LogP) is 3.72. The molecule has 3 nitrogen and oxygen atoms in total. The van der Waals surface area contributed by atoms with Gasteiger partial charge in [-0.2, -0.15) is 0 Å². The maximum Gasteiger partial charge on any atom is 0.159 e. The van der Waals surface area contributed by atoms with E-state index in [2.05, 4.69) is 11.6 Å². The third-order valence-electron chi connectivity index (χ3n) is 3.06. The third-order valence-corrected chi connectivity index (χ3v) is 3.06. The maximum atomic E-state index is 13.3. The lowest BCUT2D eigenvalue weighted by Gasteiger charge is -2.09. The first-order chi connectivity index (χ1) is 9.45. The molecule has 0 saturated carbocycles. The Kier molecular flexibility index (Phi) is 3.88. The van der Waals surface area contributed by atoms with Crippen LogP contribution in [0.4, 0.5) is 14.6 Å². The van der Waals surface area contributed by atoms with Gasteiger partial charge in [0.15, 0.2) is 11.6 Å². The summed E-state index contributed by atoms with van der Waals surface area (Å²) in [5.74, 6) is -0.411. The number of nitrogen functional groups attached to an aromatic ring is 1. The van der Waals surface area contributed by atoms with E-state index in [0.717, 1.165) is 18.0 Å². The summed E-state index contributed by atoms with van der Waals surface area (Å²) in [4.78, 5) is 4.47. The molecule has 2 aromatic rings. The number of anilines is 1. The monoisotopic (exact) mass is 277 g/mol. The standard InChI is InChI=1S/C15H17F2N3/c1-4-7-20-14(18)13(19-15(20)9(2)3)10-5-6-11(16)12(17)8-10/h4-6,8-9H,1,7,18H2,2-3H3. The summed E-state index contributed by atoms with van der Waals surface area (Å²) in [6, 6.07) is 3.65. The van der Waals surface area contributed by atoms with Crippen LogP contribution >= 0.6 is 0 Å². The number of imidazole rings is 1. The Bertz CT molecular complexity index is 645. The molecule has 0 spiro atoms. The predicted molar refractivity (Wildman–Crippen MR) is 76.3 cm³/mol. The van der Waals surface area contributed by atoms with E-state index >= 15 is 0 Å². The van der Waals surface area contributed by atoms with E-state index in [-0.39, 0.29) is 5.92 Å². The lowest BCUT2D eigenvalue weighted by molar-refractivity contribution is 0.509. The van der Waals surface area contributed by atoms with Crippen LogP contribution in [-0.4, -0.2) is 9.55 Å². The van der Waals surface area contributed by atoms with Gasteiger partial charge in [0.1, 0.15) is 17.3 Å². The number of nitrogens with two attached hydrogens (primary N) is 1. The molecule has 0 fully saturated rings. The first-order valence-corrected chi connectivity index (χ1v) is 6.38. The van der Waals surface area contributed by atoms with E-state index in [9.17, 15) is 8.78 Å². The highest BCUT2D eigenvalue weighted by Gasteiger charge is 2.18. The quantitative estimate of drug-likeness (QED) is 0.866. The Morgan fingerprint density at radius 2 is 2.05 bits per heavy atom. The van der Waals surface area contributed by atoms with Crippen molar-refractivity contribution in [1.29, 1.82) is 0 Å². The summed E-state index contributed by atoms with van der Waals surface area (Å²) in [6.07, 6.45) is 1.72. The van der Waals surface area contributed by atoms with Crippen molar-refractivity contribution in [3.63, 3.8) is 0 Å². The smallest absolute Gasteiger partial charge is 0.159 e. The van der Waals surface area contributed by atoms with Crippen molar-refractivity contribution in [3.8, 4) is 11.3 Å². The maximum absolute atomic E-state index is 13.3. The number of aromatic nitrogens is 2. The zero-order chi connectivity index (χ0) is 14.9. The highest BCUT2D eigenvalue weighted by molar-refractivity contribution is 5.71. The van der Waals surface area contributed by atoms with Gasteiger partial charge in [-0.1, -0.05) is 19.9 Å². The minimum Gasteiger partial charge on any atom is -0.383 e. The van der Waals surface area contributed by atoms with E-state index in [0.29, 0.717) is 23.6 Å². The highest BCUT2D eigenvalue weighted by Crippen LogP contribution is 2.30. The van der Waals surface area contributed by atoms with Crippen molar-refractivity contribution < 1.29 is 8.78 Å². The van der Waals surface area contributed by atoms with E-state index < -0.39 is 11.6 Å². The number of nitrogens with zero attached hydrogens (tertiary/aromatic N) is 2. The van der Waals surface area contributed by atoms with E-state index in [4.69, 9.17) is 5.73 Å². The summed E-state index contributed by atoms with van der Waals surface area (Å²) < 4.78 is 28.2. The molecule has 0 aliphatic rings. The molecule has 20 heavy (non-hydrogen) atoms. The molecule has 1 heterocycles. The number of hydrogen-bond donors (Lipinski definition) is 1. The number of hydrogen-bond acceptors (Lipinski definition) is 2. The highest BCUT2D eigenvalue weighted by atomic mass is 19.2. The Morgan fingerprint density at radius 3 is 2.60 bits per heavy atom. The van der Waals surface area contributed by atoms with Crippen molar-refractivity contribution >= 4 is 5.82 Å². The van der Waals surface area contributed by atoms with Gasteiger partial charge in [0.05, 0.1) is 0 Å². The van der Waals surface area contributed by atoms with E-state index in [1.165, 1.54) is 6.07 Å². The van der Waals surface area contributed by atoms with Crippen LogP contribution in [0.2, 0.25) is 0 Å². The van der Waals surface area contributed by atoms with Crippen LogP contribution in [0.5, 0.6) is 0 Å². The second-order valence-electron chi connectivity index (χ2n) is 4.89. The van der Waals surface area contributed by atoms with Gasteiger partial charge in [-0.05, 0) is 18.2 Å². The van der Waals surface area contributed by atoms with Crippen molar-refractivity contribution in [2.75, 3.05) is 5.73 Å². The summed E-state index contributed by atoms with van der Waals surface area (Å²) in [5, 5.41) is 0. The number of rotatable bonds is 4. The molecule has 0 unspecified atom stereocenters. The Morgan fingerprint density at radius 1 is 1.35 bits per heavy atom. The molecule has 0 bridgehead atoms. The average Bonchev–Trinajstić information content (AvgIpc) is 2.72. The van der Waals surface area contributed by atoms with Gasteiger partial charge in [0, 0.05) is 18.0 Å². The molecule has 0 radical (unpaired) electrons. The molecule has 106 valence electrons. The molecule has 5 heteroatoms. The molecule has 2 rings (SSSR count). The first kappa shape index (κ1) is 14.2. The fourth-order valence-electron chi connectivity index (χ4n) is 2.10. The molecule has 0 amide bonds. The van der Waals surface area contributed by atoms with Gasteiger partial charge >= 0.3 is 0 Å². The van der Waals surface area contributed by atoms with Crippen molar-refractivity contribution in [3.05, 3.63) is 48.3 Å². The van der Waals surface area contributed by atoms with Crippen LogP contribution in [0.3, 0.4) is 0 Å². The Labute approximate surface area is 116 Å². The summed E-state index contributed by atoms with van der Waals surface area (Å²) in [5.41, 5.74) is 7.02. The van der Waals surface area contributed by atoms with Crippen LogP contribution in [0.15, 0.2) is 30.9 Å². The fourth-order valence-corrected chi connectivity index (χ4v) is 2.10. The lowest BCUT2D eigenvalue weighted by atomic mass is 10.1. The first-order valence-electron chi connectivity index (χ1n) is 6.38. The largest absolute Gasteiger partial charge is 0.383 e. The lowest BCUT2D eigenvalue weighted by Crippen LogP contribution is -2.07. The van der Waals surface area contributed by atoms with Gasteiger partial charge in [0.2, 0.25) is 0 Å². The van der Waals surface area contributed by atoms with E-state index in [1.54, 1.807) is 6.08 Å². The topological polar surface area (TPSA) is 43.8 Å². The van der Waals surface area contributed by atoms with Gasteiger partial charge in [0.25, 0.3) is 0 Å². The second kappa shape index (κ2) is 5.45. The fraction of sp³-hybridized carbons (Fsp3) is 0.267. The summed E-state index contributed by atoms with van der Waals surface area (Å²) in [7, 11) is 0. The van der Waals surface area contributed by atoms with Crippen LogP contribution < -0.4 is 5.73 Å². The summed E-state index contributed by atoms with van der Waals surface area (Å²) >= 11 is 0. The number of benzene rings is 1. The molecule has 2 N–H and O–H groups in total. The third kappa shape index (κ3) is 2.43. The zero-order valence-corrected chi connectivity index (χ0v) is 11.5. The summed E-state index contributed by atoms with van der Waals surface area (Å²) in [6.45, 7) is 8.21. The van der Waals surface area contributed by atoms with Gasteiger partial charge in [-0.25, -0.2) is 13.8 Å². The van der Waals surface area contributed by atoms with Gasteiger partial charge in [-0.3, -0.25) is 0 Å². The van der Waals surface area contributed by atoms with Crippen LogP contribution in [0.1, 0.15) is 25.6 Å². The average molecular weight is 277 g/mol. The van der Waals surface area contributed by atoms with Crippen LogP contribution in [0, 0.1) is 11.6 Å². The van der Waals surface area contributed by atoms with Crippen molar-refractivity contribution in [2.24, 2.45) is 0 Å². The van der Waals surface area contributed by atoms with Crippen molar-refractivity contribution in [2.45, 2.75) is 26.3 Å². The molecule has 0 aliphatic carbocycles. The van der Waals surface area contributed by atoms with Gasteiger partial charge < -0.3 is 10.3 Å². The minimum atomic E-state index is -0.911. The minimum absolute atomic E-state index is 0.163.